The summed E-state index contributed by atoms with van der Waals surface area (Å²) >= 11 is 1.56. The van der Waals surface area contributed by atoms with E-state index in [0.717, 1.165) is 48.1 Å². The van der Waals surface area contributed by atoms with Crippen LogP contribution in [0.15, 0.2) is 17.5 Å². The molecule has 34 heavy (non-hydrogen) atoms. The molecular weight excluding hydrogens is 450 g/mol. The largest absolute Gasteiger partial charge is 0.504 e. The number of piperidine rings is 1. The Morgan fingerprint density at radius 2 is 2.15 bits per heavy atom. The maximum atomic E-state index is 13.4. The van der Waals surface area contributed by atoms with E-state index >= 15 is 0 Å². The molecule has 7 nitrogen and oxygen atoms in total. The SMILES string of the molecule is Cc1nc(CC(=O)N2CC[C@@]3(O)[C@H]4Cc5ccc(O)c6c5[C@@]3(CCN4CC3CC3)[C@H](C2)O6)cs1. The Labute approximate surface area is 203 Å². The average Bonchev–Trinajstić information content (AvgIpc) is 3.46. The van der Waals surface area contributed by atoms with Gasteiger partial charge in [-0.1, -0.05) is 6.07 Å². The Hall–Kier alpha value is -2.16. The van der Waals surface area contributed by atoms with Crippen LogP contribution in [0.25, 0.3) is 0 Å². The average molecular weight is 482 g/mol. The van der Waals surface area contributed by atoms with Crippen LogP contribution in [0.3, 0.4) is 0 Å². The number of aliphatic hydroxyl groups is 1. The Morgan fingerprint density at radius 1 is 1.29 bits per heavy atom. The topological polar surface area (TPSA) is 86.1 Å². The molecule has 3 aliphatic heterocycles. The molecule has 0 radical (unpaired) electrons. The number of amides is 1. The van der Waals surface area contributed by atoms with Crippen LogP contribution in [0.5, 0.6) is 11.5 Å². The van der Waals surface area contributed by atoms with Gasteiger partial charge in [0.1, 0.15) is 6.10 Å². The Bertz CT molecular complexity index is 1180. The summed E-state index contributed by atoms with van der Waals surface area (Å²) in [7, 11) is 0. The number of thiazole rings is 1. The van der Waals surface area contributed by atoms with Crippen molar-refractivity contribution >= 4 is 17.2 Å². The second-order valence-electron chi connectivity index (χ2n) is 11.0. The monoisotopic (exact) mass is 481 g/mol. The molecule has 2 saturated heterocycles. The molecule has 1 saturated carbocycles. The molecule has 1 spiro atoms. The summed E-state index contributed by atoms with van der Waals surface area (Å²) in [6, 6.07) is 3.76. The summed E-state index contributed by atoms with van der Waals surface area (Å²) in [6.45, 7) is 4.85. The normalized spacial score (nSPS) is 33.9. The van der Waals surface area contributed by atoms with Crippen LogP contribution in [0.1, 0.15) is 47.5 Å². The highest BCUT2D eigenvalue weighted by Crippen LogP contribution is 2.63. The maximum absolute atomic E-state index is 13.4. The van der Waals surface area contributed by atoms with E-state index in [4.69, 9.17) is 4.74 Å². The molecule has 2 aliphatic carbocycles. The summed E-state index contributed by atoms with van der Waals surface area (Å²) in [5, 5.41) is 26.2. The van der Waals surface area contributed by atoms with Gasteiger partial charge in [0, 0.05) is 30.1 Å². The van der Waals surface area contributed by atoms with E-state index in [1.807, 2.05) is 23.3 Å². The fraction of sp³-hybridized carbons (Fsp3) is 0.615. The predicted molar refractivity (Wildman–Crippen MR) is 127 cm³/mol. The van der Waals surface area contributed by atoms with E-state index < -0.39 is 11.0 Å². The predicted octanol–water partition coefficient (Wildman–Crippen LogP) is 2.40. The van der Waals surface area contributed by atoms with Crippen molar-refractivity contribution in [3.05, 3.63) is 39.3 Å². The first-order valence-corrected chi connectivity index (χ1v) is 13.4. The lowest BCUT2D eigenvalue weighted by Crippen LogP contribution is -2.74. The Morgan fingerprint density at radius 3 is 2.91 bits per heavy atom. The van der Waals surface area contributed by atoms with Crippen LogP contribution in [0, 0.1) is 12.8 Å². The number of carbonyl (C=O) groups is 1. The van der Waals surface area contributed by atoms with Crippen LogP contribution in [-0.4, -0.2) is 74.8 Å². The van der Waals surface area contributed by atoms with E-state index in [0.29, 0.717) is 25.3 Å². The number of hydrogen-bond donors (Lipinski definition) is 2. The van der Waals surface area contributed by atoms with Crippen LogP contribution < -0.4 is 4.74 Å². The van der Waals surface area contributed by atoms with Crippen molar-refractivity contribution in [3.63, 3.8) is 0 Å². The fourth-order valence-electron chi connectivity index (χ4n) is 7.39. The molecule has 0 unspecified atom stereocenters. The number of benzene rings is 1. The van der Waals surface area contributed by atoms with Crippen molar-refractivity contribution in [1.29, 1.82) is 0 Å². The minimum absolute atomic E-state index is 0.00665. The number of likely N-dealkylation sites (tertiary alicyclic amines) is 2. The highest BCUT2D eigenvalue weighted by atomic mass is 32.1. The van der Waals surface area contributed by atoms with Crippen LogP contribution >= 0.6 is 11.3 Å². The van der Waals surface area contributed by atoms with Crippen LogP contribution in [0.4, 0.5) is 0 Å². The standard InChI is InChI=1S/C26H31N3O4S/c1-15-27-18(14-34-15)11-22(31)29-9-7-26(32)20-10-17-4-5-19(30)24-23(17)25(26,21(13-29)33-24)6-8-28(20)12-16-2-3-16/h4-5,14,16,20-21,30,32H,2-3,6-13H2,1H3/t20-,21+,25-,26-/m1/s1. The number of ether oxygens (including phenoxy) is 1. The molecule has 1 aromatic heterocycles. The summed E-state index contributed by atoms with van der Waals surface area (Å²) in [5.41, 5.74) is 1.40. The van der Waals surface area contributed by atoms with Crippen LogP contribution in [0.2, 0.25) is 0 Å². The second kappa shape index (κ2) is 7.18. The summed E-state index contributed by atoms with van der Waals surface area (Å²) < 4.78 is 6.48. The highest BCUT2D eigenvalue weighted by molar-refractivity contribution is 7.09. The van der Waals surface area contributed by atoms with E-state index in [-0.39, 0.29) is 30.2 Å². The zero-order valence-corrected chi connectivity index (χ0v) is 20.3. The molecule has 2 bridgehead atoms. The number of carbonyl (C=O) groups excluding carboxylic acids is 1. The van der Waals surface area contributed by atoms with E-state index in [9.17, 15) is 15.0 Å². The lowest BCUT2D eigenvalue weighted by Gasteiger charge is -2.60. The van der Waals surface area contributed by atoms with Crippen molar-refractivity contribution in [2.24, 2.45) is 5.92 Å². The van der Waals surface area contributed by atoms with Gasteiger partial charge >= 0.3 is 0 Å². The molecule has 2 aromatic rings. The molecule has 4 heterocycles. The molecular formula is C26H31N3O4S. The van der Waals surface area contributed by atoms with Gasteiger partial charge in [-0.05, 0) is 63.1 Å². The molecule has 1 amide bonds. The minimum Gasteiger partial charge on any atom is -0.504 e. The number of aryl methyl sites for hydroxylation is 1. The quantitative estimate of drug-likeness (QED) is 0.698. The zero-order valence-electron chi connectivity index (χ0n) is 19.5. The van der Waals surface area contributed by atoms with Gasteiger partial charge in [-0.15, -0.1) is 11.3 Å². The number of rotatable bonds is 4. The fourth-order valence-corrected chi connectivity index (χ4v) is 8.00. The summed E-state index contributed by atoms with van der Waals surface area (Å²) in [4.78, 5) is 22.2. The molecule has 2 N–H and O–H groups in total. The lowest BCUT2D eigenvalue weighted by atomic mass is 9.52. The molecule has 8 heteroatoms. The lowest BCUT2D eigenvalue weighted by molar-refractivity contribution is -0.162. The Balaban J connectivity index is 1.29. The molecule has 180 valence electrons. The number of hydrogen-bond acceptors (Lipinski definition) is 7. The van der Waals surface area contributed by atoms with Gasteiger partial charge in [0.2, 0.25) is 5.91 Å². The number of aromatic hydroxyl groups is 1. The second-order valence-corrected chi connectivity index (χ2v) is 12.0. The van der Waals surface area contributed by atoms with E-state index in [1.54, 1.807) is 17.4 Å². The van der Waals surface area contributed by atoms with Gasteiger partial charge < -0.3 is 19.8 Å². The number of phenolic OH excluding ortho intramolecular Hbond substituents is 1. The zero-order chi connectivity index (χ0) is 23.2. The first-order valence-electron chi connectivity index (χ1n) is 12.6. The summed E-state index contributed by atoms with van der Waals surface area (Å²) in [6.07, 6.45) is 4.54. The van der Waals surface area contributed by atoms with Crippen molar-refractivity contribution in [2.45, 2.75) is 68.6 Å². The maximum Gasteiger partial charge on any atom is 0.228 e. The van der Waals surface area contributed by atoms with Gasteiger partial charge in [-0.3, -0.25) is 9.69 Å². The molecule has 4 atom stereocenters. The Kier molecular flexibility index (Phi) is 4.47. The van der Waals surface area contributed by atoms with Crippen molar-refractivity contribution in [2.75, 3.05) is 26.2 Å². The molecule has 7 rings (SSSR count). The molecule has 1 aromatic carbocycles. The van der Waals surface area contributed by atoms with Gasteiger partial charge in [-0.2, -0.15) is 0 Å². The van der Waals surface area contributed by atoms with Crippen LogP contribution in [-0.2, 0) is 23.1 Å². The van der Waals surface area contributed by atoms with Gasteiger partial charge in [0.25, 0.3) is 0 Å². The van der Waals surface area contributed by atoms with Gasteiger partial charge in [-0.25, -0.2) is 4.98 Å². The van der Waals surface area contributed by atoms with Gasteiger partial charge in [0.15, 0.2) is 11.5 Å². The smallest absolute Gasteiger partial charge is 0.228 e. The van der Waals surface area contributed by atoms with Crippen molar-refractivity contribution < 1.29 is 19.7 Å². The van der Waals surface area contributed by atoms with Crippen molar-refractivity contribution in [1.82, 2.24) is 14.8 Å². The summed E-state index contributed by atoms with van der Waals surface area (Å²) in [5.74, 6) is 1.44. The number of aromatic nitrogens is 1. The van der Waals surface area contributed by atoms with Crippen molar-refractivity contribution in [3.8, 4) is 11.5 Å². The first kappa shape index (κ1) is 21.1. The third kappa shape index (κ3) is 2.82. The minimum atomic E-state index is -0.997. The number of phenols is 1. The highest BCUT2D eigenvalue weighted by Gasteiger charge is 2.71. The molecule has 3 fully saturated rings. The third-order valence-electron chi connectivity index (χ3n) is 9.14. The van der Waals surface area contributed by atoms with E-state index in [1.165, 1.54) is 18.4 Å². The van der Waals surface area contributed by atoms with Gasteiger partial charge in [0.05, 0.1) is 34.7 Å². The first-order chi connectivity index (χ1) is 16.4. The number of nitrogens with zero attached hydrogens (tertiary/aromatic N) is 3. The van der Waals surface area contributed by atoms with E-state index in [2.05, 4.69) is 9.88 Å². The molecule has 5 aliphatic rings. The third-order valence-corrected chi connectivity index (χ3v) is 9.96.